The van der Waals surface area contributed by atoms with Crippen LogP contribution in [0.2, 0.25) is 0 Å². The molecule has 2 aromatic heterocycles. The van der Waals surface area contributed by atoms with Gasteiger partial charge in [0.05, 0.1) is 22.3 Å². The first-order valence-electron chi connectivity index (χ1n) is 14.6. The number of nitrogens with zero attached hydrogens (tertiary/aromatic N) is 4. The zero-order chi connectivity index (χ0) is 30.3. The average Bonchev–Trinajstić information content (AvgIpc) is 3.43. The molecule has 0 unspecified atom stereocenters. The smallest absolute Gasteiger partial charge is 0.166 e. The Morgan fingerprint density at radius 3 is 1.47 bits per heavy atom. The van der Waals surface area contributed by atoms with Crippen LogP contribution in [-0.2, 0) is 0 Å². The monoisotopic (exact) mass is 586 g/mol. The summed E-state index contributed by atoms with van der Waals surface area (Å²) in [5.41, 5.74) is 5.30. The molecule has 0 atom stereocenters. The lowest BCUT2D eigenvalue weighted by Gasteiger charge is -2.16. The lowest BCUT2D eigenvalue weighted by Crippen LogP contribution is -2.04. The fourth-order valence-corrected chi connectivity index (χ4v) is 5.95. The largest absolute Gasteiger partial charge is 0.309 e. The van der Waals surface area contributed by atoms with E-state index >= 15 is 8.78 Å². The van der Waals surface area contributed by atoms with Gasteiger partial charge in [0.1, 0.15) is 11.6 Å². The highest BCUT2D eigenvalue weighted by molar-refractivity contribution is 6.09. The van der Waals surface area contributed by atoms with E-state index in [1.807, 2.05) is 91.0 Å². The van der Waals surface area contributed by atoms with Gasteiger partial charge in [0.2, 0.25) is 0 Å². The number of aromatic nitrogens is 4. The molecule has 0 spiro atoms. The third kappa shape index (κ3) is 4.64. The number of hydrogen-bond donors (Lipinski definition) is 0. The number of para-hydroxylation sites is 2. The molecule has 0 aliphatic carbocycles. The van der Waals surface area contributed by atoms with Crippen molar-refractivity contribution in [2.24, 2.45) is 0 Å². The summed E-state index contributed by atoms with van der Waals surface area (Å²) in [7, 11) is 0. The zero-order valence-electron chi connectivity index (χ0n) is 23.9. The molecule has 8 rings (SSSR count). The highest BCUT2D eigenvalue weighted by atomic mass is 19.1. The van der Waals surface area contributed by atoms with Crippen molar-refractivity contribution in [3.8, 4) is 51.0 Å². The maximum Gasteiger partial charge on any atom is 0.166 e. The molecule has 2 heterocycles. The molecule has 6 heteroatoms. The van der Waals surface area contributed by atoms with Crippen molar-refractivity contribution in [2.45, 2.75) is 0 Å². The molecule has 0 bridgehead atoms. The van der Waals surface area contributed by atoms with Crippen LogP contribution >= 0.6 is 0 Å². The van der Waals surface area contributed by atoms with Crippen LogP contribution in [0.4, 0.5) is 8.78 Å². The second-order valence-electron chi connectivity index (χ2n) is 10.7. The highest BCUT2D eigenvalue weighted by Crippen LogP contribution is 2.39. The van der Waals surface area contributed by atoms with Crippen molar-refractivity contribution in [3.63, 3.8) is 0 Å². The second kappa shape index (κ2) is 10.9. The number of rotatable bonds is 5. The van der Waals surface area contributed by atoms with Crippen LogP contribution in [0, 0.1) is 11.6 Å². The van der Waals surface area contributed by atoms with Gasteiger partial charge in [-0.2, -0.15) is 0 Å². The standard InChI is InChI=1S/C39H24F2N4/c40-31-18-11-19-32(41)36(31)27-22-23-35(45-33-20-9-7-16-28(33)29-17-8-10-21-34(29)45)30(24-27)39-43-37(25-12-3-1-4-13-25)42-38(44-39)26-14-5-2-6-15-26/h1-24H. The number of fused-ring (bicyclic) bond motifs is 3. The molecule has 4 nitrogen and oxygen atoms in total. The van der Waals surface area contributed by atoms with Crippen LogP contribution in [0.5, 0.6) is 0 Å². The Balaban J connectivity index is 1.47. The minimum absolute atomic E-state index is 0.104. The molecular formula is C39H24F2N4. The first-order valence-corrected chi connectivity index (χ1v) is 14.6. The maximum absolute atomic E-state index is 15.1. The third-order valence-electron chi connectivity index (χ3n) is 8.01. The summed E-state index contributed by atoms with van der Waals surface area (Å²) >= 11 is 0. The van der Waals surface area contributed by atoms with Gasteiger partial charge in [-0.05, 0) is 42.0 Å². The minimum Gasteiger partial charge on any atom is -0.309 e. The van der Waals surface area contributed by atoms with Crippen LogP contribution in [0.1, 0.15) is 0 Å². The summed E-state index contributed by atoms with van der Waals surface area (Å²) in [6.07, 6.45) is 0. The van der Waals surface area contributed by atoms with Gasteiger partial charge >= 0.3 is 0 Å². The summed E-state index contributed by atoms with van der Waals surface area (Å²) < 4.78 is 32.5. The van der Waals surface area contributed by atoms with Gasteiger partial charge in [0, 0.05) is 27.5 Å². The zero-order valence-corrected chi connectivity index (χ0v) is 23.9. The predicted octanol–water partition coefficient (Wildman–Crippen LogP) is 9.91. The van der Waals surface area contributed by atoms with E-state index < -0.39 is 11.6 Å². The molecule has 0 aliphatic heterocycles. The SMILES string of the molecule is Fc1cccc(F)c1-c1ccc(-n2c3ccccc3c3ccccc32)c(-c2nc(-c3ccccc3)nc(-c3ccccc3)n2)c1. The number of hydrogen-bond acceptors (Lipinski definition) is 3. The first kappa shape index (κ1) is 26.6. The van der Waals surface area contributed by atoms with Crippen molar-refractivity contribution in [3.05, 3.63) is 157 Å². The summed E-state index contributed by atoms with van der Waals surface area (Å²) in [6.45, 7) is 0. The van der Waals surface area contributed by atoms with Crippen LogP contribution in [0.3, 0.4) is 0 Å². The Kier molecular flexibility index (Phi) is 6.46. The maximum atomic E-state index is 15.1. The Labute approximate surface area is 257 Å². The average molecular weight is 587 g/mol. The molecule has 0 amide bonds. The summed E-state index contributed by atoms with van der Waals surface area (Å²) in [5, 5.41) is 2.18. The van der Waals surface area contributed by atoms with Gasteiger partial charge in [-0.15, -0.1) is 0 Å². The lowest BCUT2D eigenvalue weighted by atomic mass is 9.99. The first-order chi connectivity index (χ1) is 22.2. The molecule has 0 saturated heterocycles. The van der Waals surface area contributed by atoms with Crippen molar-refractivity contribution in [1.29, 1.82) is 0 Å². The molecule has 0 radical (unpaired) electrons. The van der Waals surface area contributed by atoms with Crippen LogP contribution in [-0.4, -0.2) is 19.5 Å². The quantitative estimate of drug-likeness (QED) is 0.202. The predicted molar refractivity (Wildman–Crippen MR) is 176 cm³/mol. The fraction of sp³-hybridized carbons (Fsp3) is 0. The van der Waals surface area contributed by atoms with Gasteiger partial charge in [-0.1, -0.05) is 109 Å². The summed E-state index contributed by atoms with van der Waals surface area (Å²) in [6, 6.07) is 45.1. The van der Waals surface area contributed by atoms with Crippen molar-refractivity contribution in [1.82, 2.24) is 19.5 Å². The lowest BCUT2D eigenvalue weighted by molar-refractivity contribution is 0.589. The normalized spacial score (nSPS) is 11.3. The number of benzene rings is 6. The second-order valence-corrected chi connectivity index (χ2v) is 10.7. The minimum atomic E-state index is -0.642. The molecule has 0 saturated carbocycles. The fourth-order valence-electron chi connectivity index (χ4n) is 5.95. The Hall–Kier alpha value is -6.01. The van der Waals surface area contributed by atoms with Crippen LogP contribution in [0.15, 0.2) is 146 Å². The van der Waals surface area contributed by atoms with E-state index in [9.17, 15) is 0 Å². The van der Waals surface area contributed by atoms with Crippen molar-refractivity contribution < 1.29 is 8.78 Å². The molecule has 0 aliphatic rings. The van der Waals surface area contributed by atoms with E-state index in [0.29, 0.717) is 28.6 Å². The van der Waals surface area contributed by atoms with Gasteiger partial charge < -0.3 is 4.57 Å². The number of halogens is 2. The van der Waals surface area contributed by atoms with Crippen LogP contribution in [0.25, 0.3) is 72.8 Å². The molecule has 214 valence electrons. The Bertz CT molecular complexity index is 2220. The molecule has 8 aromatic rings. The van der Waals surface area contributed by atoms with Gasteiger partial charge in [-0.25, -0.2) is 23.7 Å². The van der Waals surface area contributed by atoms with E-state index in [1.165, 1.54) is 18.2 Å². The van der Waals surface area contributed by atoms with E-state index in [-0.39, 0.29) is 5.56 Å². The third-order valence-corrected chi connectivity index (χ3v) is 8.01. The van der Waals surface area contributed by atoms with Gasteiger partial charge in [-0.3, -0.25) is 0 Å². The van der Waals surface area contributed by atoms with Gasteiger partial charge in [0.15, 0.2) is 17.5 Å². The molecule has 0 N–H and O–H groups in total. The van der Waals surface area contributed by atoms with Crippen LogP contribution < -0.4 is 0 Å². The highest BCUT2D eigenvalue weighted by Gasteiger charge is 2.21. The molecule has 6 aromatic carbocycles. The molecular weight excluding hydrogens is 562 g/mol. The summed E-state index contributed by atoms with van der Waals surface area (Å²) in [4.78, 5) is 14.8. The van der Waals surface area contributed by atoms with E-state index in [1.54, 1.807) is 12.1 Å². The van der Waals surface area contributed by atoms with E-state index in [4.69, 9.17) is 15.0 Å². The Morgan fingerprint density at radius 1 is 0.422 bits per heavy atom. The molecule has 45 heavy (non-hydrogen) atoms. The van der Waals surface area contributed by atoms with Crippen molar-refractivity contribution >= 4 is 21.8 Å². The summed E-state index contributed by atoms with van der Waals surface area (Å²) in [5.74, 6) is 0.0932. The van der Waals surface area contributed by atoms with Crippen molar-refractivity contribution in [2.75, 3.05) is 0 Å². The Morgan fingerprint density at radius 2 is 0.911 bits per heavy atom. The van der Waals surface area contributed by atoms with E-state index in [0.717, 1.165) is 38.6 Å². The van der Waals surface area contributed by atoms with Gasteiger partial charge in [0.25, 0.3) is 0 Å². The topological polar surface area (TPSA) is 43.6 Å². The van der Waals surface area contributed by atoms with E-state index in [2.05, 4.69) is 28.8 Å². The molecule has 0 fully saturated rings.